The first-order chi connectivity index (χ1) is 15.6. The molecule has 0 bridgehead atoms. The van der Waals surface area contributed by atoms with Crippen LogP contribution in [0.5, 0.6) is 0 Å². The molecule has 2 aromatic rings. The maximum absolute atomic E-state index is 13.6. The average molecular weight is 489 g/mol. The molecule has 9 nitrogen and oxygen atoms in total. The summed E-state index contributed by atoms with van der Waals surface area (Å²) in [6.45, 7) is -0.629. The Bertz CT molecular complexity index is 1010. The first kappa shape index (κ1) is 24.1. The lowest BCUT2D eigenvalue weighted by Gasteiger charge is -2.42. The van der Waals surface area contributed by atoms with Crippen LogP contribution in [0.3, 0.4) is 0 Å². The first-order valence-electron chi connectivity index (χ1n) is 10.2. The second kappa shape index (κ2) is 9.31. The first-order valence-corrected chi connectivity index (χ1v) is 11.1. The van der Waals surface area contributed by atoms with E-state index in [0.717, 1.165) is 23.2 Å². The normalized spacial score (nSPS) is 29.0. The van der Waals surface area contributed by atoms with Crippen LogP contribution in [-0.4, -0.2) is 76.5 Å². The Kier molecular flexibility index (Phi) is 6.80. The molecule has 180 valence electrons. The third-order valence-electron chi connectivity index (χ3n) is 5.95. The van der Waals surface area contributed by atoms with Gasteiger partial charge in [0.1, 0.15) is 35.5 Å². The van der Waals surface area contributed by atoms with Gasteiger partial charge in [-0.3, -0.25) is 4.79 Å². The number of thioether (sulfide) groups is 1. The lowest BCUT2D eigenvalue weighted by atomic mass is 9.78. The molecule has 2 heterocycles. The molecule has 1 saturated carbocycles. The van der Waals surface area contributed by atoms with Crippen molar-refractivity contribution in [2.24, 2.45) is 0 Å². The number of hydrogen-bond acceptors (Lipinski definition) is 9. The van der Waals surface area contributed by atoms with Crippen LogP contribution in [0.25, 0.3) is 11.3 Å². The fourth-order valence-electron chi connectivity index (χ4n) is 3.94. The Hall–Kier alpha value is -2.03. The highest BCUT2D eigenvalue weighted by molar-refractivity contribution is 8.14. The van der Waals surface area contributed by atoms with Crippen LogP contribution in [0.2, 0.25) is 0 Å². The van der Waals surface area contributed by atoms with Gasteiger partial charge in [0.2, 0.25) is 0 Å². The van der Waals surface area contributed by atoms with Gasteiger partial charge in [0.05, 0.1) is 18.4 Å². The molecule has 4 rings (SSSR count). The van der Waals surface area contributed by atoms with Gasteiger partial charge in [-0.1, -0.05) is 17.0 Å². The quantitative estimate of drug-likeness (QED) is 0.436. The highest BCUT2D eigenvalue weighted by Crippen LogP contribution is 2.40. The minimum Gasteiger partial charge on any atom is -0.394 e. The van der Waals surface area contributed by atoms with E-state index in [1.165, 1.54) is 6.20 Å². The fourth-order valence-corrected chi connectivity index (χ4v) is 5.05. The van der Waals surface area contributed by atoms with Crippen molar-refractivity contribution in [1.29, 1.82) is 0 Å². The maximum Gasteiger partial charge on any atom is 0.194 e. The number of carbonyl (C=O) groups is 1. The van der Waals surface area contributed by atoms with E-state index in [9.17, 15) is 38.4 Å². The number of benzene rings is 1. The van der Waals surface area contributed by atoms with E-state index in [4.69, 9.17) is 4.74 Å². The fraction of sp³-hybridized carbons (Fsp3) is 0.550. The minimum atomic E-state index is -1.64. The summed E-state index contributed by atoms with van der Waals surface area (Å²) in [6, 6.07) is 0.218. The molecule has 5 atom stereocenters. The van der Waals surface area contributed by atoms with Crippen molar-refractivity contribution in [3.05, 3.63) is 35.8 Å². The molecular formula is C20H22F3N3O6S. The summed E-state index contributed by atoms with van der Waals surface area (Å²) in [6.07, 6.45) is -1.27. The van der Waals surface area contributed by atoms with Gasteiger partial charge in [-0.25, -0.2) is 17.9 Å². The van der Waals surface area contributed by atoms with E-state index in [1.807, 2.05) is 0 Å². The van der Waals surface area contributed by atoms with Crippen molar-refractivity contribution >= 4 is 16.9 Å². The largest absolute Gasteiger partial charge is 0.394 e. The summed E-state index contributed by atoms with van der Waals surface area (Å²) < 4.78 is 46.9. The van der Waals surface area contributed by atoms with Crippen LogP contribution in [-0.2, 0) is 9.53 Å². The number of aromatic nitrogens is 3. The molecule has 1 aliphatic heterocycles. The van der Waals surface area contributed by atoms with Gasteiger partial charge < -0.3 is 25.2 Å². The lowest BCUT2D eigenvalue weighted by molar-refractivity contribution is -0.178. The van der Waals surface area contributed by atoms with Crippen molar-refractivity contribution in [1.82, 2.24) is 15.0 Å². The molecule has 0 unspecified atom stereocenters. The number of aliphatic hydroxyl groups is 4. The van der Waals surface area contributed by atoms with Crippen LogP contribution in [0.4, 0.5) is 13.2 Å². The molecule has 33 heavy (non-hydrogen) atoms. The van der Waals surface area contributed by atoms with Gasteiger partial charge in [-0.2, -0.15) is 0 Å². The SMILES string of the molecule is O=C(CC1(O)CCC1)S[C@@H]1O[C@H](CO)[C@H](O)[C@H](n2cc(-c3cc(F)c(F)c(F)c3)nn2)[C@H]1O. The van der Waals surface area contributed by atoms with Crippen molar-refractivity contribution in [3.63, 3.8) is 0 Å². The van der Waals surface area contributed by atoms with Crippen molar-refractivity contribution in [3.8, 4) is 11.3 Å². The zero-order valence-electron chi connectivity index (χ0n) is 17.1. The number of nitrogens with zero attached hydrogens (tertiary/aromatic N) is 3. The summed E-state index contributed by atoms with van der Waals surface area (Å²) in [7, 11) is 0. The van der Waals surface area contributed by atoms with Crippen molar-refractivity contribution in [2.45, 2.75) is 61.1 Å². The Morgan fingerprint density at radius 2 is 1.88 bits per heavy atom. The molecule has 0 amide bonds. The third kappa shape index (κ3) is 4.79. The van der Waals surface area contributed by atoms with Crippen LogP contribution in [0.1, 0.15) is 31.7 Å². The monoisotopic (exact) mass is 489 g/mol. The highest BCUT2D eigenvalue weighted by atomic mass is 32.2. The highest BCUT2D eigenvalue weighted by Gasteiger charge is 2.47. The van der Waals surface area contributed by atoms with Gasteiger partial charge in [0.15, 0.2) is 22.6 Å². The molecule has 0 radical (unpaired) electrons. The molecule has 2 fully saturated rings. The maximum atomic E-state index is 13.6. The van der Waals surface area contributed by atoms with Crippen molar-refractivity contribution < 1.29 is 43.1 Å². The van der Waals surface area contributed by atoms with E-state index >= 15 is 0 Å². The van der Waals surface area contributed by atoms with Crippen molar-refractivity contribution in [2.75, 3.05) is 6.61 Å². The number of aliphatic hydroxyl groups excluding tert-OH is 3. The molecule has 1 saturated heterocycles. The van der Waals surface area contributed by atoms with E-state index in [1.54, 1.807) is 0 Å². The van der Waals surface area contributed by atoms with Gasteiger partial charge in [-0.15, -0.1) is 5.10 Å². The zero-order valence-corrected chi connectivity index (χ0v) is 18.0. The molecule has 1 aliphatic carbocycles. The Balaban J connectivity index is 1.56. The summed E-state index contributed by atoms with van der Waals surface area (Å²) in [5, 5.41) is 48.4. The van der Waals surface area contributed by atoms with E-state index in [2.05, 4.69) is 10.3 Å². The number of rotatable bonds is 6. The zero-order chi connectivity index (χ0) is 23.9. The minimum absolute atomic E-state index is 0.0632. The Morgan fingerprint density at radius 1 is 1.21 bits per heavy atom. The number of halogens is 3. The molecule has 13 heteroatoms. The summed E-state index contributed by atoms with van der Waals surface area (Å²) >= 11 is 0.637. The molecule has 1 aromatic heterocycles. The van der Waals surface area contributed by atoms with Gasteiger partial charge in [0, 0.05) is 12.0 Å². The topological polar surface area (TPSA) is 138 Å². The van der Waals surface area contributed by atoms with Crippen LogP contribution < -0.4 is 0 Å². The second-order valence-corrected chi connectivity index (χ2v) is 9.44. The number of hydrogen-bond donors (Lipinski definition) is 4. The molecule has 4 N–H and O–H groups in total. The summed E-state index contributed by atoms with van der Waals surface area (Å²) in [5.74, 6) is -4.48. The van der Waals surface area contributed by atoms with Gasteiger partial charge in [0.25, 0.3) is 0 Å². The van der Waals surface area contributed by atoms with Crippen LogP contribution in [0.15, 0.2) is 18.3 Å². The van der Waals surface area contributed by atoms with Crippen LogP contribution in [0, 0.1) is 17.5 Å². The number of ether oxygens (including phenoxy) is 1. The standard InChI is InChI=1S/C20H22F3N3O6S/c21-10-4-9(5-11(22)15(10)23)12-7-26(25-24-12)16-17(29)13(8-27)32-19(18(16)30)33-14(28)6-20(31)2-1-3-20/h4-5,7,13,16-19,27,29-31H,1-3,6,8H2/t13-,16+,17+,18-,19+/m1/s1. The Morgan fingerprint density at radius 3 is 2.45 bits per heavy atom. The average Bonchev–Trinajstić information content (AvgIpc) is 3.22. The molecule has 1 aromatic carbocycles. The number of carbonyl (C=O) groups excluding carboxylic acids is 1. The molecular weight excluding hydrogens is 467 g/mol. The van der Waals surface area contributed by atoms with Gasteiger partial charge >= 0.3 is 0 Å². The smallest absolute Gasteiger partial charge is 0.194 e. The predicted molar refractivity (Wildman–Crippen MR) is 108 cm³/mol. The predicted octanol–water partition coefficient (Wildman–Crippen LogP) is 0.907. The third-order valence-corrected chi connectivity index (χ3v) is 6.98. The van der Waals surface area contributed by atoms with E-state index in [-0.39, 0.29) is 17.7 Å². The lowest BCUT2D eigenvalue weighted by Crippen LogP contribution is -2.55. The summed E-state index contributed by atoms with van der Waals surface area (Å²) in [5.41, 5.74) is -2.45. The van der Waals surface area contributed by atoms with Crippen LogP contribution >= 0.6 is 11.8 Å². The van der Waals surface area contributed by atoms with Gasteiger partial charge in [-0.05, 0) is 31.4 Å². The molecule has 0 spiro atoms. The second-order valence-electron chi connectivity index (χ2n) is 8.28. The van der Waals surface area contributed by atoms with E-state index in [0.29, 0.717) is 24.6 Å². The Labute approximate surface area is 190 Å². The molecule has 2 aliphatic rings. The van der Waals surface area contributed by atoms with E-state index < -0.39 is 64.6 Å². The summed E-state index contributed by atoms with van der Waals surface area (Å²) in [4.78, 5) is 12.4.